The Kier molecular flexibility index (Phi) is 8.56. The normalized spacial score (nSPS) is 26.1. The molecule has 4 aliphatic carbocycles. The van der Waals surface area contributed by atoms with Crippen molar-refractivity contribution in [3.63, 3.8) is 0 Å². The molecule has 1 aromatic heterocycles. The molecule has 0 radical (unpaired) electrons. The van der Waals surface area contributed by atoms with Crippen molar-refractivity contribution < 1.29 is 41.4 Å². The molecule has 4 N–H and O–H groups in total. The van der Waals surface area contributed by atoms with Gasteiger partial charge in [-0.2, -0.15) is 0 Å². The monoisotopic (exact) mass is 703 g/mol. The number of urea groups is 1. The van der Waals surface area contributed by atoms with Crippen LogP contribution in [0.5, 0.6) is 0 Å². The standard InChI is InChI=1S/C34H41F4N7O5/c1-19-25(44-50-43-19)27(46)42-26(20-4-8-33(35,36)9-5-20)28(47)40-24-3-2-21-15-32(16-22(21)14-24,45-18-31(12-13-31)17-39-30(45)49)29(48)41-23-6-10-34(37,38)11-7-23/h2-3,14,20,23,26H,4-13,15-18H2,1H3,(H,39,49)(H,40,47)(H,41,48)(H,42,46)/t26-,32?/m0/s1. The molecule has 16 heteroatoms. The Hall–Kier alpha value is -4.24. The minimum absolute atomic E-state index is 0.0151. The third-order valence-corrected chi connectivity index (χ3v) is 11.4. The highest BCUT2D eigenvalue weighted by molar-refractivity contribution is 6.01. The highest BCUT2D eigenvalue weighted by Crippen LogP contribution is 2.50. The summed E-state index contributed by atoms with van der Waals surface area (Å²) in [6, 6.07) is 3.19. The average molecular weight is 704 g/mol. The molecule has 1 aromatic carbocycles. The summed E-state index contributed by atoms with van der Waals surface area (Å²) in [5.41, 5.74) is 0.556. The highest BCUT2D eigenvalue weighted by Gasteiger charge is 2.57. The number of nitrogens with one attached hydrogen (secondary N) is 4. The maximum absolute atomic E-state index is 14.2. The number of anilines is 1. The van der Waals surface area contributed by atoms with Crippen LogP contribution in [0.2, 0.25) is 0 Å². The van der Waals surface area contributed by atoms with Crippen molar-refractivity contribution in [2.24, 2.45) is 11.3 Å². The first-order valence-electron chi connectivity index (χ1n) is 17.3. The van der Waals surface area contributed by atoms with Gasteiger partial charge in [-0.05, 0) is 79.8 Å². The fraction of sp³-hybridized carbons (Fsp3) is 0.647. The number of halogens is 4. The van der Waals surface area contributed by atoms with Gasteiger partial charge >= 0.3 is 6.03 Å². The Labute approximate surface area is 285 Å². The molecule has 270 valence electrons. The zero-order valence-electron chi connectivity index (χ0n) is 27.8. The summed E-state index contributed by atoms with van der Waals surface area (Å²) in [5.74, 6) is -7.90. The van der Waals surface area contributed by atoms with Gasteiger partial charge in [-0.15, -0.1) is 0 Å². The number of amides is 5. The molecular weight excluding hydrogens is 662 g/mol. The van der Waals surface area contributed by atoms with Crippen LogP contribution in [-0.4, -0.2) is 81.5 Å². The third-order valence-electron chi connectivity index (χ3n) is 11.4. The first-order valence-corrected chi connectivity index (χ1v) is 17.3. The first kappa shape index (κ1) is 34.2. The summed E-state index contributed by atoms with van der Waals surface area (Å²) >= 11 is 0. The molecule has 2 heterocycles. The number of hydrogen-bond acceptors (Lipinski definition) is 7. The van der Waals surface area contributed by atoms with Crippen molar-refractivity contribution in [1.29, 1.82) is 0 Å². The van der Waals surface area contributed by atoms with Gasteiger partial charge in [0.2, 0.25) is 23.7 Å². The lowest BCUT2D eigenvalue weighted by atomic mass is 9.81. The number of rotatable bonds is 8. The van der Waals surface area contributed by atoms with E-state index in [1.165, 1.54) is 6.92 Å². The fourth-order valence-electron chi connectivity index (χ4n) is 8.05. The van der Waals surface area contributed by atoms with E-state index in [1.54, 1.807) is 23.1 Å². The smallest absolute Gasteiger partial charge is 0.318 e. The number of benzene rings is 1. The second-order valence-corrected chi connectivity index (χ2v) is 15.0. The average Bonchev–Trinajstić information content (AvgIpc) is 3.48. The predicted octanol–water partition coefficient (Wildman–Crippen LogP) is 4.28. The van der Waals surface area contributed by atoms with E-state index in [0.717, 1.165) is 24.0 Å². The number of aromatic nitrogens is 2. The van der Waals surface area contributed by atoms with Crippen LogP contribution in [0.1, 0.15) is 91.5 Å². The van der Waals surface area contributed by atoms with Crippen molar-refractivity contribution in [3.05, 3.63) is 40.7 Å². The van der Waals surface area contributed by atoms with Crippen molar-refractivity contribution in [3.8, 4) is 0 Å². The van der Waals surface area contributed by atoms with E-state index < -0.39 is 65.9 Å². The van der Waals surface area contributed by atoms with Crippen molar-refractivity contribution in [1.82, 2.24) is 31.2 Å². The number of aryl methyl sites for hydroxylation is 1. The van der Waals surface area contributed by atoms with Crippen molar-refractivity contribution >= 4 is 29.4 Å². The van der Waals surface area contributed by atoms with Crippen LogP contribution >= 0.6 is 0 Å². The number of alkyl halides is 4. The van der Waals surface area contributed by atoms with Gasteiger partial charge in [-0.25, -0.2) is 27.0 Å². The Balaban J connectivity index is 1.12. The summed E-state index contributed by atoms with van der Waals surface area (Å²) in [7, 11) is 0. The van der Waals surface area contributed by atoms with E-state index >= 15 is 0 Å². The molecule has 4 fully saturated rings. The van der Waals surface area contributed by atoms with Crippen LogP contribution in [0, 0.1) is 18.3 Å². The van der Waals surface area contributed by atoms with E-state index in [1.807, 2.05) is 0 Å². The van der Waals surface area contributed by atoms with Crippen molar-refractivity contribution in [2.75, 3.05) is 18.4 Å². The zero-order valence-corrected chi connectivity index (χ0v) is 27.8. The zero-order chi connectivity index (χ0) is 35.5. The van der Waals surface area contributed by atoms with Crippen molar-refractivity contribution in [2.45, 2.75) is 113 Å². The second-order valence-electron chi connectivity index (χ2n) is 15.0. The fourth-order valence-corrected chi connectivity index (χ4v) is 8.05. The molecule has 1 spiro atoms. The van der Waals surface area contributed by atoms with Crippen LogP contribution in [-0.2, 0) is 22.4 Å². The van der Waals surface area contributed by atoms with Gasteiger partial charge in [0.05, 0.1) is 0 Å². The summed E-state index contributed by atoms with van der Waals surface area (Å²) in [4.78, 5) is 56.1. The van der Waals surface area contributed by atoms with Gasteiger partial charge in [0.15, 0.2) is 5.69 Å². The lowest BCUT2D eigenvalue weighted by Crippen LogP contribution is -2.68. The minimum atomic E-state index is -2.85. The molecule has 2 atom stereocenters. The number of nitrogens with zero attached hydrogens (tertiary/aromatic N) is 3. The SMILES string of the molecule is Cc1nonc1C(=O)N[C@H](C(=O)Nc1ccc2c(c1)CC(C(=O)NC1CCC(F)(F)CC1)(N1CC3(CC3)CNC1=O)C2)C1CCC(F)(F)CC1. The van der Waals surface area contributed by atoms with E-state index in [2.05, 4.69) is 36.2 Å². The Morgan fingerprint density at radius 1 is 0.940 bits per heavy atom. The van der Waals surface area contributed by atoms with E-state index in [0.29, 0.717) is 18.8 Å². The molecule has 5 aliphatic rings. The maximum Gasteiger partial charge on any atom is 0.318 e. The van der Waals surface area contributed by atoms with Crippen LogP contribution in [0.25, 0.3) is 0 Å². The predicted molar refractivity (Wildman–Crippen MR) is 170 cm³/mol. The molecular formula is C34H41F4N7O5. The molecule has 7 rings (SSSR count). The molecule has 50 heavy (non-hydrogen) atoms. The highest BCUT2D eigenvalue weighted by atomic mass is 19.3. The largest absolute Gasteiger partial charge is 0.351 e. The quantitative estimate of drug-likeness (QED) is 0.299. The minimum Gasteiger partial charge on any atom is -0.351 e. The van der Waals surface area contributed by atoms with Gasteiger partial charge in [-0.1, -0.05) is 11.2 Å². The van der Waals surface area contributed by atoms with E-state index in [4.69, 9.17) is 0 Å². The van der Waals surface area contributed by atoms with Crippen LogP contribution in [0.15, 0.2) is 22.8 Å². The molecule has 3 saturated carbocycles. The van der Waals surface area contributed by atoms with Gasteiger partial charge in [-0.3, -0.25) is 14.4 Å². The molecule has 2 aromatic rings. The molecule has 5 amide bonds. The van der Waals surface area contributed by atoms with Gasteiger partial charge in [0.25, 0.3) is 5.91 Å². The number of carbonyl (C=O) groups is 4. The molecule has 1 saturated heterocycles. The van der Waals surface area contributed by atoms with Gasteiger partial charge < -0.3 is 26.2 Å². The van der Waals surface area contributed by atoms with E-state index in [9.17, 15) is 36.7 Å². The number of carbonyl (C=O) groups excluding carboxylic acids is 4. The molecule has 1 aliphatic heterocycles. The number of fused-ring (bicyclic) bond motifs is 1. The lowest BCUT2D eigenvalue weighted by Gasteiger charge is -2.45. The van der Waals surface area contributed by atoms with Gasteiger partial charge in [0, 0.05) is 68.8 Å². The molecule has 1 unspecified atom stereocenters. The summed E-state index contributed by atoms with van der Waals surface area (Å²) in [6.07, 6.45) is 1.02. The summed E-state index contributed by atoms with van der Waals surface area (Å²) in [5, 5.41) is 18.6. The summed E-state index contributed by atoms with van der Waals surface area (Å²) < 4.78 is 60.5. The summed E-state index contributed by atoms with van der Waals surface area (Å²) in [6.45, 7) is 2.44. The second kappa shape index (κ2) is 12.5. The Bertz CT molecular complexity index is 1680. The van der Waals surface area contributed by atoms with Crippen LogP contribution in [0.3, 0.4) is 0 Å². The maximum atomic E-state index is 14.2. The number of hydrogen-bond donors (Lipinski definition) is 4. The molecule has 0 bridgehead atoms. The van der Waals surface area contributed by atoms with Crippen LogP contribution < -0.4 is 21.3 Å². The first-order chi connectivity index (χ1) is 23.7. The Morgan fingerprint density at radius 2 is 1.60 bits per heavy atom. The molecule has 12 nitrogen and oxygen atoms in total. The van der Waals surface area contributed by atoms with E-state index in [-0.39, 0.29) is 74.2 Å². The van der Waals surface area contributed by atoms with Gasteiger partial charge in [0.1, 0.15) is 17.3 Å². The van der Waals surface area contributed by atoms with Crippen LogP contribution in [0.4, 0.5) is 28.0 Å². The lowest BCUT2D eigenvalue weighted by molar-refractivity contribution is -0.134. The Morgan fingerprint density at radius 3 is 2.24 bits per heavy atom. The third kappa shape index (κ3) is 6.76. The topological polar surface area (TPSA) is 159 Å².